The molecule has 2 atom stereocenters. The molecule has 0 unspecified atom stereocenters. The quantitative estimate of drug-likeness (QED) is 0.389. The number of esters is 1. The summed E-state index contributed by atoms with van der Waals surface area (Å²) in [5.74, 6) is -2.17. The van der Waals surface area contributed by atoms with Gasteiger partial charge in [0, 0.05) is 17.6 Å². The molecule has 0 saturated heterocycles. The van der Waals surface area contributed by atoms with Gasteiger partial charge in [0.2, 0.25) is 0 Å². The van der Waals surface area contributed by atoms with Crippen molar-refractivity contribution >= 4 is 17.7 Å². The van der Waals surface area contributed by atoms with Crippen molar-refractivity contribution in [1.82, 2.24) is 0 Å². The maximum absolute atomic E-state index is 13.9. The topological polar surface area (TPSA) is 94.1 Å². The normalized spacial score (nSPS) is 13.1. The molecule has 1 amide bonds. The first kappa shape index (κ1) is 25.8. The Bertz CT molecular complexity index is 977. The van der Waals surface area contributed by atoms with E-state index in [9.17, 15) is 18.4 Å². The molecule has 0 fully saturated rings. The summed E-state index contributed by atoms with van der Waals surface area (Å²) in [7, 11) is 0. The van der Waals surface area contributed by atoms with E-state index in [2.05, 4.69) is 5.32 Å². The van der Waals surface area contributed by atoms with Gasteiger partial charge >= 0.3 is 12.1 Å². The number of amides is 1. The third-order valence-electron chi connectivity index (χ3n) is 4.56. The van der Waals surface area contributed by atoms with Gasteiger partial charge < -0.3 is 19.3 Å². The summed E-state index contributed by atoms with van der Waals surface area (Å²) in [6.45, 7) is 5.24. The summed E-state index contributed by atoms with van der Waals surface area (Å²) in [6, 6.07) is 9.38. The van der Waals surface area contributed by atoms with E-state index >= 15 is 0 Å². The first-order chi connectivity index (χ1) is 15.7. The summed E-state index contributed by atoms with van der Waals surface area (Å²) in [6.07, 6.45) is -0.199. The maximum atomic E-state index is 13.9. The molecular weight excluding hydrogens is 436 g/mol. The first-order valence-electron chi connectivity index (χ1n) is 10.4. The Morgan fingerprint density at radius 3 is 2.45 bits per heavy atom. The Morgan fingerprint density at radius 1 is 1.15 bits per heavy atom. The molecule has 0 aliphatic heterocycles. The highest BCUT2D eigenvalue weighted by Gasteiger charge is 2.24. The van der Waals surface area contributed by atoms with Crippen molar-refractivity contribution in [2.45, 2.75) is 26.9 Å². The average molecular weight is 463 g/mol. The first-order valence-corrected chi connectivity index (χ1v) is 10.4. The van der Waals surface area contributed by atoms with Crippen LogP contribution in [0.15, 0.2) is 54.1 Å². The second-order valence-electron chi connectivity index (χ2n) is 7.15. The zero-order valence-electron chi connectivity index (χ0n) is 18.6. The van der Waals surface area contributed by atoms with Gasteiger partial charge in [-0.15, -0.1) is 0 Å². The molecule has 0 radical (unpaired) electrons. The van der Waals surface area contributed by atoms with Crippen LogP contribution in [0.1, 0.15) is 32.4 Å². The minimum absolute atomic E-state index is 0.128. The molecule has 2 aromatic rings. The molecule has 0 aliphatic carbocycles. The fourth-order valence-corrected chi connectivity index (χ4v) is 3.04. The number of anilines is 1. The molecule has 0 aromatic heterocycles. The average Bonchev–Trinajstić information content (AvgIpc) is 2.78. The highest BCUT2D eigenvalue weighted by Crippen LogP contribution is 2.30. The van der Waals surface area contributed by atoms with E-state index in [1.807, 2.05) is 0 Å². The fourth-order valence-electron chi connectivity index (χ4n) is 3.04. The zero-order valence-corrected chi connectivity index (χ0v) is 18.6. The number of aliphatic hydroxyl groups is 1. The number of hydrogen-bond donors (Lipinski definition) is 2. The smallest absolute Gasteiger partial charge is 0.412 e. The maximum Gasteiger partial charge on any atom is 0.412 e. The van der Waals surface area contributed by atoms with Crippen LogP contribution in [0.25, 0.3) is 0 Å². The molecule has 0 spiro atoms. The zero-order chi connectivity index (χ0) is 24.4. The monoisotopic (exact) mass is 463 g/mol. The molecule has 0 heterocycles. The predicted molar refractivity (Wildman–Crippen MR) is 118 cm³/mol. The van der Waals surface area contributed by atoms with Crippen molar-refractivity contribution in [3.8, 4) is 5.75 Å². The van der Waals surface area contributed by atoms with E-state index in [1.54, 1.807) is 51.1 Å². The molecule has 0 saturated carbocycles. The molecule has 0 bridgehead atoms. The van der Waals surface area contributed by atoms with Crippen LogP contribution in [0.4, 0.5) is 19.3 Å². The van der Waals surface area contributed by atoms with Crippen LogP contribution < -0.4 is 10.1 Å². The molecule has 178 valence electrons. The number of ether oxygens (including phenoxy) is 3. The van der Waals surface area contributed by atoms with Crippen molar-refractivity contribution in [3.63, 3.8) is 0 Å². The lowest BCUT2D eigenvalue weighted by molar-refractivity contribution is -0.138. The Hall–Kier alpha value is -3.46. The van der Waals surface area contributed by atoms with Crippen LogP contribution in [0.5, 0.6) is 5.75 Å². The highest BCUT2D eigenvalue weighted by molar-refractivity contribution is 5.88. The summed E-state index contributed by atoms with van der Waals surface area (Å²) in [4.78, 5) is 24.5. The second kappa shape index (κ2) is 12.5. The number of benzene rings is 2. The molecule has 0 aliphatic rings. The SMILES string of the molecule is CCOC(=O)/C(C)=C/[C@H](C)[C@@H](OC(=O)Nc1ccc(F)cc1F)c1ccc(OCCO)cc1. The largest absolute Gasteiger partial charge is 0.491 e. The van der Waals surface area contributed by atoms with Gasteiger partial charge in [0.15, 0.2) is 0 Å². The van der Waals surface area contributed by atoms with E-state index in [0.717, 1.165) is 12.1 Å². The Kier molecular flexibility index (Phi) is 9.81. The number of aliphatic hydroxyl groups excluding tert-OH is 1. The molecule has 2 N–H and O–H groups in total. The van der Waals surface area contributed by atoms with Crippen LogP contribution in [0.2, 0.25) is 0 Å². The number of rotatable bonds is 10. The van der Waals surface area contributed by atoms with Crippen LogP contribution in [-0.2, 0) is 14.3 Å². The van der Waals surface area contributed by atoms with Gasteiger partial charge in [0.05, 0.1) is 18.9 Å². The van der Waals surface area contributed by atoms with Gasteiger partial charge in [-0.25, -0.2) is 18.4 Å². The van der Waals surface area contributed by atoms with Crippen LogP contribution in [-0.4, -0.2) is 37.0 Å². The molecule has 9 heteroatoms. The standard InChI is InChI=1S/C24H27F2NO6/c1-4-31-23(29)16(3)13-15(2)22(17-5-8-19(9-6-17)32-12-11-28)33-24(30)27-21-10-7-18(25)14-20(21)26/h5-10,13-15,22,28H,4,11-12H2,1-3H3,(H,27,30)/b16-13+/t15-,22+/m0/s1. The summed E-state index contributed by atoms with van der Waals surface area (Å²) in [5.41, 5.74) is 0.686. The van der Waals surface area contributed by atoms with Gasteiger partial charge in [-0.2, -0.15) is 0 Å². The summed E-state index contributed by atoms with van der Waals surface area (Å²) >= 11 is 0. The summed E-state index contributed by atoms with van der Waals surface area (Å²) < 4.78 is 42.9. The minimum atomic E-state index is -0.958. The van der Waals surface area contributed by atoms with Crippen LogP contribution >= 0.6 is 0 Å². The highest BCUT2D eigenvalue weighted by atomic mass is 19.1. The predicted octanol–water partition coefficient (Wildman–Crippen LogP) is 4.77. The third kappa shape index (κ3) is 7.87. The van der Waals surface area contributed by atoms with E-state index < -0.39 is 35.7 Å². The Balaban J connectivity index is 2.26. The van der Waals surface area contributed by atoms with Gasteiger partial charge in [-0.1, -0.05) is 25.1 Å². The fraction of sp³-hybridized carbons (Fsp3) is 0.333. The van der Waals surface area contributed by atoms with Crippen molar-refractivity contribution in [1.29, 1.82) is 0 Å². The molecule has 2 rings (SSSR count). The molecule has 33 heavy (non-hydrogen) atoms. The van der Waals surface area contributed by atoms with Gasteiger partial charge in [-0.3, -0.25) is 5.32 Å². The second-order valence-corrected chi connectivity index (χ2v) is 7.15. The summed E-state index contributed by atoms with van der Waals surface area (Å²) in [5, 5.41) is 11.1. The van der Waals surface area contributed by atoms with Crippen LogP contribution in [0.3, 0.4) is 0 Å². The van der Waals surface area contributed by atoms with Crippen molar-refractivity contribution in [3.05, 3.63) is 71.3 Å². The Morgan fingerprint density at radius 2 is 1.85 bits per heavy atom. The minimum Gasteiger partial charge on any atom is -0.491 e. The molecule has 2 aromatic carbocycles. The van der Waals surface area contributed by atoms with E-state index in [-0.39, 0.29) is 25.5 Å². The lowest BCUT2D eigenvalue weighted by Gasteiger charge is -2.23. The molecular formula is C24H27F2NO6. The van der Waals surface area contributed by atoms with E-state index in [1.165, 1.54) is 0 Å². The van der Waals surface area contributed by atoms with Gasteiger partial charge in [0.1, 0.15) is 30.1 Å². The van der Waals surface area contributed by atoms with Crippen molar-refractivity contribution < 1.29 is 37.7 Å². The van der Waals surface area contributed by atoms with Crippen molar-refractivity contribution in [2.24, 2.45) is 5.92 Å². The number of carbonyl (C=O) groups excluding carboxylic acids is 2. The number of hydrogen-bond acceptors (Lipinski definition) is 6. The molecule has 7 nitrogen and oxygen atoms in total. The number of carbonyl (C=O) groups is 2. The number of halogens is 2. The van der Waals surface area contributed by atoms with Gasteiger partial charge in [0.25, 0.3) is 0 Å². The van der Waals surface area contributed by atoms with Gasteiger partial charge in [-0.05, 0) is 43.7 Å². The lowest BCUT2D eigenvalue weighted by atomic mass is 9.95. The van der Waals surface area contributed by atoms with E-state index in [4.69, 9.17) is 19.3 Å². The lowest BCUT2D eigenvalue weighted by Crippen LogP contribution is -2.22. The van der Waals surface area contributed by atoms with Crippen LogP contribution in [0, 0.1) is 17.6 Å². The Labute approximate surface area is 191 Å². The number of nitrogens with one attached hydrogen (secondary N) is 1. The van der Waals surface area contributed by atoms with E-state index in [0.29, 0.717) is 23.0 Å². The van der Waals surface area contributed by atoms with Crippen molar-refractivity contribution in [2.75, 3.05) is 25.1 Å². The third-order valence-corrected chi connectivity index (χ3v) is 4.56.